The summed E-state index contributed by atoms with van der Waals surface area (Å²) in [7, 11) is 0. The van der Waals surface area contributed by atoms with Gasteiger partial charge < -0.3 is 15.0 Å². The van der Waals surface area contributed by atoms with Crippen molar-refractivity contribution < 1.29 is 14.3 Å². The van der Waals surface area contributed by atoms with E-state index in [1.807, 2.05) is 47.1 Å². The molecule has 1 atom stereocenters. The number of nitrogens with one attached hydrogen (secondary N) is 1. The maximum absolute atomic E-state index is 13.4. The van der Waals surface area contributed by atoms with Crippen LogP contribution in [0.2, 0.25) is 0 Å². The molecule has 7 heteroatoms. The summed E-state index contributed by atoms with van der Waals surface area (Å²) in [5.74, 6) is 0.749. The van der Waals surface area contributed by atoms with Crippen LogP contribution in [0.15, 0.2) is 42.7 Å². The van der Waals surface area contributed by atoms with Gasteiger partial charge in [0.1, 0.15) is 11.9 Å². The topological polar surface area (TPSA) is 74.8 Å². The molecule has 2 aromatic rings. The highest BCUT2D eigenvalue weighted by atomic mass is 16.5. The molecule has 1 aromatic heterocycles. The average molecular weight is 423 g/mol. The molecule has 2 aliphatic rings. The van der Waals surface area contributed by atoms with Crippen LogP contribution in [0, 0.1) is 12.8 Å². The normalized spacial score (nSPS) is 18.8. The molecule has 1 fully saturated rings. The monoisotopic (exact) mass is 422 g/mol. The van der Waals surface area contributed by atoms with E-state index in [9.17, 15) is 9.59 Å². The smallest absolute Gasteiger partial charge is 0.324 e. The van der Waals surface area contributed by atoms with Crippen molar-refractivity contribution in [3.8, 4) is 5.75 Å². The Bertz CT molecular complexity index is 926. The minimum atomic E-state index is -0.0664. The van der Waals surface area contributed by atoms with Gasteiger partial charge in [-0.25, -0.2) is 4.79 Å². The Balaban J connectivity index is 1.36. The predicted molar refractivity (Wildman–Crippen MR) is 119 cm³/mol. The fraction of sp³-hybridized carbons (Fsp3) is 0.458. The van der Waals surface area contributed by atoms with Crippen molar-refractivity contribution in [2.45, 2.75) is 45.8 Å². The van der Waals surface area contributed by atoms with Crippen molar-refractivity contribution in [3.05, 3.63) is 53.9 Å². The molecule has 7 nitrogen and oxygen atoms in total. The first kappa shape index (κ1) is 21.2. The number of nitrogens with zero attached hydrogens (tertiary/aromatic N) is 3. The number of ether oxygens (including phenoxy) is 1. The summed E-state index contributed by atoms with van der Waals surface area (Å²) in [6, 6.07) is 9.78. The first-order valence-corrected chi connectivity index (χ1v) is 11.1. The molecule has 0 spiro atoms. The van der Waals surface area contributed by atoms with Gasteiger partial charge in [-0.1, -0.05) is 19.1 Å². The molecule has 1 N–H and O–H groups in total. The van der Waals surface area contributed by atoms with Crippen LogP contribution >= 0.6 is 0 Å². The van der Waals surface area contributed by atoms with Gasteiger partial charge in [0.2, 0.25) is 5.91 Å². The summed E-state index contributed by atoms with van der Waals surface area (Å²) in [6.07, 6.45) is 5.66. The SMILES string of the molecule is CC[C@@H]1CN(C(=O)N2CCC(C(=O)NCc3cccnc3)CC2)c2cc(C)ccc2O1. The molecule has 1 saturated heterocycles. The molecule has 3 heterocycles. The van der Waals surface area contributed by atoms with Gasteiger partial charge in [-0.2, -0.15) is 0 Å². The molecular formula is C24H30N4O3. The van der Waals surface area contributed by atoms with Gasteiger partial charge in [0.15, 0.2) is 0 Å². The molecule has 0 bridgehead atoms. The van der Waals surface area contributed by atoms with E-state index in [2.05, 4.69) is 17.2 Å². The Morgan fingerprint density at radius 1 is 1.23 bits per heavy atom. The summed E-state index contributed by atoms with van der Waals surface area (Å²) < 4.78 is 6.05. The zero-order chi connectivity index (χ0) is 21.8. The van der Waals surface area contributed by atoms with Crippen LogP contribution in [-0.4, -0.2) is 47.6 Å². The Morgan fingerprint density at radius 2 is 2.03 bits per heavy atom. The lowest BCUT2D eigenvalue weighted by Gasteiger charge is -2.39. The molecule has 164 valence electrons. The second-order valence-corrected chi connectivity index (χ2v) is 8.35. The van der Waals surface area contributed by atoms with Crippen LogP contribution in [0.1, 0.15) is 37.3 Å². The number of urea groups is 1. The number of hydrogen-bond acceptors (Lipinski definition) is 4. The molecule has 0 saturated carbocycles. The van der Waals surface area contributed by atoms with Crippen LogP contribution in [-0.2, 0) is 11.3 Å². The van der Waals surface area contributed by atoms with Gasteiger partial charge >= 0.3 is 6.03 Å². The van der Waals surface area contributed by atoms with Gasteiger partial charge in [0.05, 0.1) is 12.2 Å². The number of carbonyl (C=O) groups excluding carboxylic acids is 2. The second kappa shape index (κ2) is 9.37. The first-order chi connectivity index (χ1) is 15.0. The van der Waals surface area contributed by atoms with E-state index in [1.165, 1.54) is 0 Å². The Hall–Kier alpha value is -3.09. The van der Waals surface area contributed by atoms with Crippen LogP contribution in [0.4, 0.5) is 10.5 Å². The number of carbonyl (C=O) groups is 2. The van der Waals surface area contributed by atoms with E-state index >= 15 is 0 Å². The van der Waals surface area contributed by atoms with Crippen molar-refractivity contribution in [2.24, 2.45) is 5.92 Å². The Morgan fingerprint density at radius 3 is 2.74 bits per heavy atom. The molecule has 0 radical (unpaired) electrons. The fourth-order valence-corrected chi connectivity index (χ4v) is 4.19. The molecule has 0 aliphatic carbocycles. The lowest BCUT2D eigenvalue weighted by Crippen LogP contribution is -2.52. The fourth-order valence-electron chi connectivity index (χ4n) is 4.19. The van der Waals surface area contributed by atoms with Gasteiger partial charge in [-0.05, 0) is 55.5 Å². The maximum Gasteiger partial charge on any atom is 0.324 e. The number of hydrogen-bond donors (Lipinski definition) is 1. The van der Waals surface area contributed by atoms with Crippen molar-refractivity contribution in [3.63, 3.8) is 0 Å². The van der Waals surface area contributed by atoms with Crippen LogP contribution in [0.5, 0.6) is 5.75 Å². The number of piperidine rings is 1. The largest absolute Gasteiger partial charge is 0.486 e. The Kier molecular flexibility index (Phi) is 6.39. The standard InChI is InChI=1S/C24H30N4O3/c1-3-20-16-28(21-13-17(2)6-7-22(21)31-20)24(30)27-11-8-19(9-12-27)23(29)26-15-18-5-4-10-25-14-18/h4-7,10,13-14,19-20H,3,8-9,11-12,15-16H2,1-2H3,(H,26,29)/t20-/m1/s1. The number of likely N-dealkylation sites (tertiary alicyclic amines) is 1. The van der Waals surface area contributed by atoms with E-state index in [1.54, 1.807) is 12.4 Å². The third-order valence-corrected chi connectivity index (χ3v) is 6.10. The van der Waals surface area contributed by atoms with Crippen LogP contribution in [0.3, 0.4) is 0 Å². The molecule has 0 unspecified atom stereocenters. The van der Waals surface area contributed by atoms with E-state index in [0.29, 0.717) is 39.0 Å². The van der Waals surface area contributed by atoms with Crippen molar-refractivity contribution >= 4 is 17.6 Å². The number of benzene rings is 1. The van der Waals surface area contributed by atoms with E-state index in [4.69, 9.17) is 4.74 Å². The lowest BCUT2D eigenvalue weighted by molar-refractivity contribution is -0.126. The summed E-state index contributed by atoms with van der Waals surface area (Å²) in [6.45, 7) is 6.29. The number of amides is 3. The summed E-state index contributed by atoms with van der Waals surface area (Å²) in [5, 5.41) is 3.00. The van der Waals surface area contributed by atoms with Crippen molar-refractivity contribution in [1.29, 1.82) is 0 Å². The molecule has 31 heavy (non-hydrogen) atoms. The average Bonchev–Trinajstić information content (AvgIpc) is 2.82. The van der Waals surface area contributed by atoms with E-state index in [0.717, 1.165) is 29.0 Å². The van der Waals surface area contributed by atoms with Gasteiger partial charge in [-0.15, -0.1) is 0 Å². The second-order valence-electron chi connectivity index (χ2n) is 8.35. The number of fused-ring (bicyclic) bond motifs is 1. The summed E-state index contributed by atoms with van der Waals surface area (Å²) >= 11 is 0. The van der Waals surface area contributed by atoms with Crippen LogP contribution in [0.25, 0.3) is 0 Å². The van der Waals surface area contributed by atoms with Crippen molar-refractivity contribution in [2.75, 3.05) is 24.5 Å². The number of rotatable bonds is 4. The van der Waals surface area contributed by atoms with Gasteiger partial charge in [0.25, 0.3) is 0 Å². The highest BCUT2D eigenvalue weighted by molar-refractivity contribution is 5.94. The maximum atomic E-state index is 13.4. The number of aryl methyl sites for hydroxylation is 1. The van der Waals surface area contributed by atoms with Gasteiger partial charge in [0, 0.05) is 37.9 Å². The third kappa shape index (κ3) is 4.81. The number of pyridine rings is 1. The summed E-state index contributed by atoms with van der Waals surface area (Å²) in [5.41, 5.74) is 2.92. The zero-order valence-electron chi connectivity index (χ0n) is 18.2. The van der Waals surface area contributed by atoms with E-state index in [-0.39, 0.29) is 24.0 Å². The predicted octanol–water partition coefficient (Wildman–Crippen LogP) is 3.52. The third-order valence-electron chi connectivity index (χ3n) is 6.10. The Labute approximate surface area is 183 Å². The lowest BCUT2D eigenvalue weighted by atomic mass is 9.96. The quantitative estimate of drug-likeness (QED) is 0.818. The molecule has 1 aromatic carbocycles. The zero-order valence-corrected chi connectivity index (χ0v) is 18.2. The minimum Gasteiger partial charge on any atom is -0.486 e. The molecule has 2 aliphatic heterocycles. The van der Waals surface area contributed by atoms with Crippen LogP contribution < -0.4 is 15.0 Å². The first-order valence-electron chi connectivity index (χ1n) is 11.1. The molecule has 3 amide bonds. The van der Waals surface area contributed by atoms with Gasteiger partial charge in [-0.3, -0.25) is 14.7 Å². The molecular weight excluding hydrogens is 392 g/mol. The van der Waals surface area contributed by atoms with E-state index < -0.39 is 0 Å². The highest BCUT2D eigenvalue weighted by Crippen LogP contribution is 2.36. The minimum absolute atomic E-state index is 0.00261. The highest BCUT2D eigenvalue weighted by Gasteiger charge is 2.34. The molecule has 4 rings (SSSR count). The number of anilines is 1. The number of aromatic nitrogens is 1. The summed E-state index contributed by atoms with van der Waals surface area (Å²) in [4.78, 5) is 33.7. The van der Waals surface area contributed by atoms with Crippen molar-refractivity contribution in [1.82, 2.24) is 15.2 Å².